The maximum absolute atomic E-state index is 14.1. The fourth-order valence-corrected chi connectivity index (χ4v) is 2.88. The molecule has 1 aliphatic carbocycles. The molecule has 1 fully saturated rings. The third kappa shape index (κ3) is 3.56. The Bertz CT molecular complexity index is 706. The SMILES string of the molecule is C=CC(=C)[C@@H](C)n1nnc(F)c1C(=O)OC1(C#CC)CCCCC1. The zero-order valence-corrected chi connectivity index (χ0v) is 14.1. The fourth-order valence-electron chi connectivity index (χ4n) is 2.88. The number of carbonyl (C=O) groups excluding carboxylic acids is 1. The minimum Gasteiger partial charge on any atom is -0.441 e. The molecule has 0 aromatic carbocycles. The maximum atomic E-state index is 14.1. The molecule has 6 heteroatoms. The van der Waals surface area contributed by atoms with E-state index in [1.807, 2.05) is 0 Å². The van der Waals surface area contributed by atoms with Crippen molar-refractivity contribution in [3.05, 3.63) is 36.4 Å². The van der Waals surface area contributed by atoms with E-state index in [0.29, 0.717) is 18.4 Å². The monoisotopic (exact) mass is 331 g/mol. The predicted octanol–water partition coefficient (Wildman–Crippen LogP) is 3.60. The first-order chi connectivity index (χ1) is 11.4. The topological polar surface area (TPSA) is 57.0 Å². The Hall–Kier alpha value is -2.42. The van der Waals surface area contributed by atoms with Crippen molar-refractivity contribution in [1.82, 2.24) is 15.0 Å². The highest BCUT2D eigenvalue weighted by molar-refractivity contribution is 5.88. The van der Waals surface area contributed by atoms with Gasteiger partial charge in [0.15, 0.2) is 5.60 Å². The van der Waals surface area contributed by atoms with Gasteiger partial charge in [0.25, 0.3) is 5.95 Å². The van der Waals surface area contributed by atoms with Gasteiger partial charge < -0.3 is 4.74 Å². The largest absolute Gasteiger partial charge is 0.441 e. The van der Waals surface area contributed by atoms with Crippen LogP contribution in [-0.4, -0.2) is 26.6 Å². The zero-order valence-electron chi connectivity index (χ0n) is 14.1. The van der Waals surface area contributed by atoms with E-state index in [0.717, 1.165) is 19.3 Å². The molecule has 1 aromatic heterocycles. The molecule has 0 N–H and O–H groups in total. The van der Waals surface area contributed by atoms with Crippen LogP contribution < -0.4 is 0 Å². The molecule has 128 valence electrons. The van der Waals surface area contributed by atoms with Crippen molar-refractivity contribution < 1.29 is 13.9 Å². The van der Waals surface area contributed by atoms with Crippen LogP contribution in [0.4, 0.5) is 4.39 Å². The van der Waals surface area contributed by atoms with E-state index in [1.165, 1.54) is 10.8 Å². The lowest BCUT2D eigenvalue weighted by Gasteiger charge is -2.32. The quantitative estimate of drug-likeness (QED) is 0.470. The average molecular weight is 331 g/mol. The molecule has 0 amide bonds. The predicted molar refractivity (Wildman–Crippen MR) is 88.7 cm³/mol. The summed E-state index contributed by atoms with van der Waals surface area (Å²) >= 11 is 0. The van der Waals surface area contributed by atoms with Crippen LogP contribution in [0.5, 0.6) is 0 Å². The van der Waals surface area contributed by atoms with Crippen molar-refractivity contribution in [3.63, 3.8) is 0 Å². The molecule has 5 nitrogen and oxygen atoms in total. The molecule has 0 bridgehead atoms. The van der Waals surface area contributed by atoms with Crippen molar-refractivity contribution in [3.8, 4) is 11.8 Å². The second-order valence-corrected chi connectivity index (χ2v) is 5.95. The molecular formula is C18H22FN3O2. The van der Waals surface area contributed by atoms with Crippen LogP contribution in [-0.2, 0) is 4.74 Å². The van der Waals surface area contributed by atoms with Gasteiger partial charge in [0, 0.05) is 0 Å². The van der Waals surface area contributed by atoms with Gasteiger partial charge in [0.2, 0.25) is 5.69 Å². The van der Waals surface area contributed by atoms with E-state index >= 15 is 0 Å². The summed E-state index contributed by atoms with van der Waals surface area (Å²) in [6.07, 6.45) is 5.76. The van der Waals surface area contributed by atoms with Gasteiger partial charge in [0.1, 0.15) is 0 Å². The minimum atomic E-state index is -0.959. The second-order valence-electron chi connectivity index (χ2n) is 5.95. The number of rotatable bonds is 5. The summed E-state index contributed by atoms with van der Waals surface area (Å²) < 4.78 is 20.9. The molecule has 24 heavy (non-hydrogen) atoms. The number of hydrogen-bond donors (Lipinski definition) is 0. The van der Waals surface area contributed by atoms with Crippen molar-refractivity contribution in [2.45, 2.75) is 57.6 Å². The van der Waals surface area contributed by atoms with E-state index in [9.17, 15) is 9.18 Å². The Morgan fingerprint density at radius 3 is 2.71 bits per heavy atom. The number of carbonyl (C=O) groups is 1. The first-order valence-electron chi connectivity index (χ1n) is 8.03. The van der Waals surface area contributed by atoms with Gasteiger partial charge in [-0.25, -0.2) is 9.48 Å². The Kier molecular flexibility index (Phi) is 5.55. The highest BCUT2D eigenvalue weighted by atomic mass is 19.1. The molecule has 1 aliphatic rings. The number of esters is 1. The van der Waals surface area contributed by atoms with Gasteiger partial charge in [-0.2, -0.15) is 4.39 Å². The molecule has 2 rings (SSSR count). The summed E-state index contributed by atoms with van der Waals surface area (Å²) in [5.41, 5.74) is -0.576. The number of aromatic nitrogens is 3. The lowest BCUT2D eigenvalue weighted by molar-refractivity contribution is -0.00849. The van der Waals surface area contributed by atoms with Gasteiger partial charge in [-0.15, -0.1) is 5.92 Å². The van der Waals surface area contributed by atoms with E-state index in [-0.39, 0.29) is 5.69 Å². The van der Waals surface area contributed by atoms with Crippen molar-refractivity contribution >= 4 is 5.97 Å². The summed E-state index contributed by atoms with van der Waals surface area (Å²) in [6.45, 7) is 10.9. The van der Waals surface area contributed by atoms with Crippen molar-refractivity contribution in [1.29, 1.82) is 0 Å². The minimum absolute atomic E-state index is 0.312. The maximum Gasteiger partial charge on any atom is 0.363 e. The Morgan fingerprint density at radius 2 is 2.12 bits per heavy atom. The Balaban J connectivity index is 2.32. The number of halogens is 1. The number of hydrogen-bond acceptors (Lipinski definition) is 4. The van der Waals surface area contributed by atoms with Crippen LogP contribution in [0.1, 0.15) is 62.5 Å². The van der Waals surface area contributed by atoms with Crippen LogP contribution in [0, 0.1) is 17.8 Å². The zero-order chi connectivity index (χ0) is 17.7. The molecule has 1 atom stereocenters. The molecule has 1 saturated carbocycles. The molecule has 0 radical (unpaired) electrons. The standard InChI is InChI=1S/C18H22FN3O2/c1-5-10-18(11-8-7-9-12-18)24-17(23)15-16(19)20-21-22(15)14(4)13(3)6-2/h6,14H,2-3,7-9,11-12H2,1,4H3/t14-/m1/s1. The summed E-state index contributed by atoms with van der Waals surface area (Å²) in [5, 5.41) is 7.08. The lowest BCUT2D eigenvalue weighted by Crippen LogP contribution is -2.37. The second kappa shape index (κ2) is 7.43. The summed E-state index contributed by atoms with van der Waals surface area (Å²) in [5.74, 6) is 4.06. The highest BCUT2D eigenvalue weighted by Gasteiger charge is 2.37. The van der Waals surface area contributed by atoms with Gasteiger partial charge in [0.05, 0.1) is 6.04 Å². The molecule has 0 aliphatic heterocycles. The Morgan fingerprint density at radius 1 is 1.46 bits per heavy atom. The molecule has 0 saturated heterocycles. The van der Waals surface area contributed by atoms with Crippen molar-refractivity contribution in [2.24, 2.45) is 0 Å². The van der Waals surface area contributed by atoms with E-state index in [4.69, 9.17) is 4.74 Å². The van der Waals surface area contributed by atoms with Gasteiger partial charge >= 0.3 is 5.97 Å². The normalized spacial score (nSPS) is 17.3. The molecular weight excluding hydrogens is 309 g/mol. The summed E-state index contributed by atoms with van der Waals surface area (Å²) in [6, 6.07) is -0.457. The van der Waals surface area contributed by atoms with Crippen LogP contribution in [0.25, 0.3) is 0 Å². The number of allylic oxidation sites excluding steroid dienone is 2. The third-order valence-corrected chi connectivity index (χ3v) is 4.31. The number of nitrogens with zero attached hydrogens (tertiary/aromatic N) is 3. The first kappa shape index (κ1) is 17.9. The fraction of sp³-hybridized carbons (Fsp3) is 0.500. The van der Waals surface area contributed by atoms with Crippen molar-refractivity contribution in [2.75, 3.05) is 0 Å². The molecule has 0 unspecified atom stereocenters. The molecule has 1 aromatic rings. The van der Waals surface area contributed by atoms with E-state index in [1.54, 1.807) is 13.8 Å². The third-order valence-electron chi connectivity index (χ3n) is 4.31. The lowest BCUT2D eigenvalue weighted by atomic mass is 9.85. The van der Waals surface area contributed by atoms with E-state index < -0.39 is 23.6 Å². The van der Waals surface area contributed by atoms with Gasteiger partial charge in [-0.1, -0.05) is 41.9 Å². The Labute approximate surface area is 141 Å². The van der Waals surface area contributed by atoms with Crippen LogP contribution >= 0.6 is 0 Å². The van der Waals surface area contributed by atoms with Gasteiger partial charge in [-0.3, -0.25) is 0 Å². The van der Waals surface area contributed by atoms with Crippen LogP contribution in [0.2, 0.25) is 0 Å². The summed E-state index contributed by atoms with van der Waals surface area (Å²) in [7, 11) is 0. The molecule has 1 heterocycles. The highest BCUT2D eigenvalue weighted by Crippen LogP contribution is 2.32. The van der Waals surface area contributed by atoms with E-state index in [2.05, 4.69) is 35.3 Å². The average Bonchev–Trinajstić information content (AvgIpc) is 2.96. The first-order valence-corrected chi connectivity index (χ1v) is 8.03. The van der Waals surface area contributed by atoms with Gasteiger partial charge in [-0.05, 0) is 45.1 Å². The smallest absolute Gasteiger partial charge is 0.363 e. The van der Waals surface area contributed by atoms with Crippen LogP contribution in [0.3, 0.4) is 0 Å². The number of ether oxygens (including phenoxy) is 1. The molecule has 0 spiro atoms. The summed E-state index contributed by atoms with van der Waals surface area (Å²) in [4.78, 5) is 12.6. The van der Waals surface area contributed by atoms with Crippen LogP contribution in [0.15, 0.2) is 24.8 Å².